The summed E-state index contributed by atoms with van der Waals surface area (Å²) in [7, 11) is -2.76. The molecule has 1 aromatic carbocycles. The Bertz CT molecular complexity index is 1160. The van der Waals surface area contributed by atoms with Crippen LogP contribution in [0.4, 0.5) is 11.4 Å². The molecule has 0 saturated carbocycles. The van der Waals surface area contributed by atoms with Crippen LogP contribution >= 0.6 is 0 Å². The molecule has 0 radical (unpaired) electrons. The molecule has 4 heterocycles. The number of anilines is 2. The van der Waals surface area contributed by atoms with Gasteiger partial charge in [0.25, 0.3) is 5.56 Å². The minimum atomic E-state index is -2.76. The van der Waals surface area contributed by atoms with Gasteiger partial charge in [0.15, 0.2) is 0 Å². The van der Waals surface area contributed by atoms with E-state index in [0.29, 0.717) is 23.9 Å². The molecule has 5 rings (SSSR count). The van der Waals surface area contributed by atoms with E-state index in [4.69, 9.17) is 4.74 Å². The summed E-state index contributed by atoms with van der Waals surface area (Å²) in [5.74, 6) is 0. The maximum Gasteiger partial charge on any atom is 0.272 e. The number of thiol groups is 1. The standard InChI is InChI=1S/C18H18N4O4S/c23-18-17-13(3-4-19-17)15(7-20-18)14-5-10(21-27(24)25)1-2-16(14)22-8-12-6-11(22)9-26-12/h1-5,7,11-12,19,27H,6,8-9H2,(H,20,23)(H,21,24,25). The lowest BCUT2D eigenvalue weighted by molar-refractivity contribution is 0.0992. The molecular weight excluding hydrogens is 368 g/mol. The summed E-state index contributed by atoms with van der Waals surface area (Å²) in [5, 5.41) is 0.796. The Morgan fingerprint density at radius 2 is 2.07 bits per heavy atom. The summed E-state index contributed by atoms with van der Waals surface area (Å²) in [4.78, 5) is 20.1. The number of morpholine rings is 1. The molecule has 3 aromatic rings. The number of hydrogen-bond donors (Lipinski definition) is 4. The van der Waals surface area contributed by atoms with Crippen molar-refractivity contribution in [2.45, 2.75) is 18.6 Å². The van der Waals surface area contributed by atoms with Gasteiger partial charge in [0.1, 0.15) is 5.52 Å². The van der Waals surface area contributed by atoms with Crippen LogP contribution in [0, 0.1) is 0 Å². The van der Waals surface area contributed by atoms with Crippen LogP contribution in [0.25, 0.3) is 22.0 Å². The molecule has 2 fully saturated rings. The number of nitrogens with zero attached hydrogens (tertiary/aromatic N) is 1. The zero-order valence-electron chi connectivity index (χ0n) is 14.3. The summed E-state index contributed by atoms with van der Waals surface area (Å²) < 4.78 is 30.4. The number of aromatic amines is 2. The first-order valence-electron chi connectivity index (χ1n) is 8.72. The second-order valence-corrected chi connectivity index (χ2v) is 7.63. The summed E-state index contributed by atoms with van der Waals surface area (Å²) in [6, 6.07) is 7.68. The normalized spacial score (nSPS) is 21.4. The Labute approximate surface area is 156 Å². The molecule has 3 N–H and O–H groups in total. The van der Waals surface area contributed by atoms with E-state index in [9.17, 15) is 13.2 Å². The monoisotopic (exact) mass is 386 g/mol. The smallest absolute Gasteiger partial charge is 0.272 e. The van der Waals surface area contributed by atoms with Gasteiger partial charge in [0.05, 0.1) is 18.8 Å². The van der Waals surface area contributed by atoms with E-state index < -0.39 is 10.9 Å². The van der Waals surface area contributed by atoms with E-state index in [-0.39, 0.29) is 11.7 Å². The Kier molecular flexibility index (Phi) is 3.73. The van der Waals surface area contributed by atoms with Gasteiger partial charge in [-0.1, -0.05) is 0 Å². The Balaban J connectivity index is 1.71. The molecule has 9 heteroatoms. The van der Waals surface area contributed by atoms with Gasteiger partial charge in [-0.25, -0.2) is 8.42 Å². The lowest BCUT2D eigenvalue weighted by atomic mass is 10.00. The predicted octanol–water partition coefficient (Wildman–Crippen LogP) is 1.44. The average Bonchev–Trinajstić information content (AvgIpc) is 3.38. The first-order chi connectivity index (χ1) is 13.1. The number of benzene rings is 1. The van der Waals surface area contributed by atoms with Crippen LogP contribution in [0.2, 0.25) is 0 Å². The second kappa shape index (κ2) is 6.14. The molecule has 2 atom stereocenters. The topological polar surface area (TPSA) is 107 Å². The van der Waals surface area contributed by atoms with Gasteiger partial charge in [0, 0.05) is 46.8 Å². The van der Waals surface area contributed by atoms with Crippen molar-refractivity contribution in [3.05, 3.63) is 47.0 Å². The van der Waals surface area contributed by atoms with E-state index in [1.807, 2.05) is 18.2 Å². The van der Waals surface area contributed by atoms with E-state index in [1.165, 1.54) is 0 Å². The third-order valence-electron chi connectivity index (χ3n) is 5.33. The third-order valence-corrected chi connectivity index (χ3v) is 5.77. The largest absolute Gasteiger partial charge is 0.374 e. The second-order valence-electron chi connectivity index (χ2n) is 6.90. The average molecular weight is 386 g/mol. The van der Waals surface area contributed by atoms with Gasteiger partial charge in [-0.3, -0.25) is 9.52 Å². The Morgan fingerprint density at radius 3 is 2.81 bits per heavy atom. The van der Waals surface area contributed by atoms with Crippen LogP contribution in [0.1, 0.15) is 6.42 Å². The van der Waals surface area contributed by atoms with Crippen molar-refractivity contribution in [2.24, 2.45) is 0 Å². The number of nitrogens with one attached hydrogen (secondary N) is 3. The number of fused-ring (bicyclic) bond motifs is 3. The van der Waals surface area contributed by atoms with Crippen LogP contribution in [0.5, 0.6) is 0 Å². The maximum atomic E-state index is 12.1. The first kappa shape index (κ1) is 16.4. The Hall–Kier alpha value is -2.78. The van der Waals surface area contributed by atoms with Crippen molar-refractivity contribution >= 4 is 33.2 Å². The lowest BCUT2D eigenvalue weighted by Gasteiger charge is -2.31. The predicted molar refractivity (Wildman–Crippen MR) is 104 cm³/mol. The van der Waals surface area contributed by atoms with Gasteiger partial charge in [-0.2, -0.15) is 0 Å². The summed E-state index contributed by atoms with van der Waals surface area (Å²) in [5.41, 5.74) is 3.51. The quantitative estimate of drug-likeness (QED) is 0.508. The minimum absolute atomic E-state index is 0.189. The van der Waals surface area contributed by atoms with E-state index in [1.54, 1.807) is 18.5 Å². The van der Waals surface area contributed by atoms with Crippen molar-refractivity contribution in [1.82, 2.24) is 9.97 Å². The molecule has 2 saturated heterocycles. The number of H-pyrrole nitrogens is 2. The fourth-order valence-corrected chi connectivity index (χ4v) is 4.51. The lowest BCUT2D eigenvalue weighted by Crippen LogP contribution is -2.37. The molecule has 8 nitrogen and oxygen atoms in total. The van der Waals surface area contributed by atoms with Crippen molar-refractivity contribution in [3.63, 3.8) is 0 Å². The van der Waals surface area contributed by atoms with Gasteiger partial charge in [0.2, 0.25) is 10.9 Å². The van der Waals surface area contributed by atoms with Crippen molar-refractivity contribution in [2.75, 3.05) is 22.8 Å². The number of aromatic nitrogens is 2. The molecule has 2 bridgehead atoms. The first-order valence-corrected chi connectivity index (χ1v) is 9.90. The zero-order chi connectivity index (χ0) is 18.5. The fraction of sp³-hybridized carbons (Fsp3) is 0.278. The zero-order valence-corrected chi connectivity index (χ0v) is 15.2. The Morgan fingerprint density at radius 1 is 1.19 bits per heavy atom. The van der Waals surface area contributed by atoms with Crippen LogP contribution in [-0.2, 0) is 15.6 Å². The van der Waals surface area contributed by atoms with Gasteiger partial charge in [-0.05, 0) is 30.7 Å². The van der Waals surface area contributed by atoms with E-state index in [2.05, 4.69) is 19.6 Å². The maximum absolute atomic E-state index is 12.1. The molecule has 0 aliphatic carbocycles. The van der Waals surface area contributed by atoms with Crippen LogP contribution in [0.15, 0.2) is 41.5 Å². The number of rotatable bonds is 4. The third kappa shape index (κ3) is 2.70. The molecule has 2 unspecified atom stereocenters. The molecule has 2 aromatic heterocycles. The SMILES string of the molecule is O=c1[nH]cc(-c2cc(N[SH](=O)=O)ccc2N2CC3CC2CO3)c2cc[nH]c12. The van der Waals surface area contributed by atoms with Crippen LogP contribution < -0.4 is 15.2 Å². The number of pyridine rings is 1. The summed E-state index contributed by atoms with van der Waals surface area (Å²) in [6.07, 6.45) is 4.64. The minimum Gasteiger partial charge on any atom is -0.374 e. The van der Waals surface area contributed by atoms with Gasteiger partial charge in [-0.15, -0.1) is 0 Å². The van der Waals surface area contributed by atoms with Crippen LogP contribution in [-0.4, -0.2) is 43.7 Å². The highest BCUT2D eigenvalue weighted by Crippen LogP contribution is 2.41. The summed E-state index contributed by atoms with van der Waals surface area (Å²) >= 11 is 0. The molecular formula is C18H18N4O4S. The van der Waals surface area contributed by atoms with Crippen molar-refractivity contribution in [3.8, 4) is 11.1 Å². The van der Waals surface area contributed by atoms with Crippen molar-refractivity contribution in [1.29, 1.82) is 0 Å². The number of ether oxygens (including phenoxy) is 1. The number of hydrogen-bond acceptors (Lipinski definition) is 5. The molecule has 0 spiro atoms. The summed E-state index contributed by atoms with van der Waals surface area (Å²) in [6.45, 7) is 1.50. The molecule has 140 valence electrons. The molecule has 2 aliphatic rings. The highest BCUT2D eigenvalue weighted by atomic mass is 32.2. The van der Waals surface area contributed by atoms with E-state index >= 15 is 0 Å². The van der Waals surface area contributed by atoms with E-state index in [0.717, 1.165) is 35.2 Å². The van der Waals surface area contributed by atoms with Crippen molar-refractivity contribution < 1.29 is 13.2 Å². The van der Waals surface area contributed by atoms with Gasteiger partial charge < -0.3 is 19.6 Å². The molecule has 2 aliphatic heterocycles. The van der Waals surface area contributed by atoms with Crippen LogP contribution in [0.3, 0.4) is 0 Å². The highest BCUT2D eigenvalue weighted by molar-refractivity contribution is 7.73. The van der Waals surface area contributed by atoms with Gasteiger partial charge >= 0.3 is 0 Å². The fourth-order valence-electron chi connectivity index (χ4n) is 4.16. The highest BCUT2D eigenvalue weighted by Gasteiger charge is 2.39. The molecule has 0 amide bonds. The molecule has 27 heavy (non-hydrogen) atoms.